The Bertz CT molecular complexity index is 943. The summed E-state index contributed by atoms with van der Waals surface area (Å²) in [4.78, 5) is 12.9. The first-order chi connectivity index (χ1) is 14.1. The molecule has 0 spiro atoms. The second-order valence-corrected chi connectivity index (χ2v) is 7.77. The monoisotopic (exact) mass is 395 g/mol. The standard InChI is InChI=1S/C20H23N3O.C4H10O/c1-4-16-15(7-8-18(22-16)24-11-14-5-6-14)19-12(2)9-17-20(23-19)13(3)10-21-17;1-3-4-5-2/h7-10,14,21H,4-6,11H2,1-3H3;3-4H2,1-2H3. The number of nitrogens with one attached hydrogen (secondary N) is 1. The first kappa shape index (κ1) is 21.3. The molecule has 0 atom stereocenters. The molecule has 4 rings (SSSR count). The van der Waals surface area contributed by atoms with Crippen LogP contribution in [0.3, 0.4) is 0 Å². The van der Waals surface area contributed by atoms with E-state index in [-0.39, 0.29) is 0 Å². The van der Waals surface area contributed by atoms with Crippen molar-refractivity contribution < 1.29 is 9.47 Å². The second kappa shape index (κ2) is 9.88. The molecular formula is C24H33N3O2. The summed E-state index contributed by atoms with van der Waals surface area (Å²) in [6.45, 7) is 10.1. The molecule has 3 heterocycles. The van der Waals surface area contributed by atoms with E-state index >= 15 is 0 Å². The van der Waals surface area contributed by atoms with Gasteiger partial charge in [0.1, 0.15) is 0 Å². The van der Waals surface area contributed by atoms with Crippen molar-refractivity contribution in [1.82, 2.24) is 15.0 Å². The van der Waals surface area contributed by atoms with Crippen molar-refractivity contribution in [3.8, 4) is 17.1 Å². The average molecular weight is 396 g/mol. The third-order valence-corrected chi connectivity index (χ3v) is 5.14. The van der Waals surface area contributed by atoms with Gasteiger partial charge in [-0.1, -0.05) is 13.8 Å². The number of hydrogen-bond acceptors (Lipinski definition) is 4. The zero-order valence-electron chi connectivity index (χ0n) is 18.3. The lowest BCUT2D eigenvalue weighted by Crippen LogP contribution is -2.03. The van der Waals surface area contributed by atoms with Gasteiger partial charge in [-0.3, -0.25) is 0 Å². The molecule has 0 unspecified atom stereocenters. The van der Waals surface area contributed by atoms with E-state index < -0.39 is 0 Å². The molecule has 0 aliphatic heterocycles. The quantitative estimate of drug-likeness (QED) is 0.563. The van der Waals surface area contributed by atoms with Gasteiger partial charge in [0, 0.05) is 31.5 Å². The molecule has 1 aliphatic carbocycles. The summed E-state index contributed by atoms with van der Waals surface area (Å²) < 4.78 is 10.5. The van der Waals surface area contributed by atoms with Crippen molar-refractivity contribution in [3.63, 3.8) is 0 Å². The molecule has 5 heteroatoms. The van der Waals surface area contributed by atoms with Gasteiger partial charge in [0.2, 0.25) is 5.88 Å². The van der Waals surface area contributed by atoms with Crippen LogP contribution in [0, 0.1) is 19.8 Å². The lowest BCUT2D eigenvalue weighted by molar-refractivity contribution is 0.199. The van der Waals surface area contributed by atoms with Crippen LogP contribution in [0.15, 0.2) is 24.4 Å². The fourth-order valence-electron chi connectivity index (χ4n) is 3.29. The minimum absolute atomic E-state index is 0.735. The topological polar surface area (TPSA) is 60.0 Å². The lowest BCUT2D eigenvalue weighted by atomic mass is 10.0. The number of pyridine rings is 2. The first-order valence-corrected chi connectivity index (χ1v) is 10.6. The number of methoxy groups -OCH3 is 1. The highest BCUT2D eigenvalue weighted by molar-refractivity contribution is 5.83. The number of rotatable bonds is 7. The van der Waals surface area contributed by atoms with Crippen molar-refractivity contribution in [1.29, 1.82) is 0 Å². The summed E-state index contributed by atoms with van der Waals surface area (Å²) in [5.74, 6) is 1.47. The molecule has 3 aromatic heterocycles. The average Bonchev–Trinajstić information content (AvgIpc) is 3.50. The molecule has 1 N–H and O–H groups in total. The van der Waals surface area contributed by atoms with E-state index in [2.05, 4.69) is 44.8 Å². The third-order valence-electron chi connectivity index (χ3n) is 5.14. The van der Waals surface area contributed by atoms with Crippen LogP contribution in [0.5, 0.6) is 5.88 Å². The molecule has 0 bridgehead atoms. The number of aryl methyl sites for hydroxylation is 3. The highest BCUT2D eigenvalue weighted by atomic mass is 16.5. The van der Waals surface area contributed by atoms with Crippen molar-refractivity contribution in [2.75, 3.05) is 20.3 Å². The Balaban J connectivity index is 0.000000431. The molecule has 1 aliphatic rings. The SMILES string of the molecule is CCCOC.CCc1nc(OCC2CC2)ccc1-c1nc2c(C)c[nH]c2cc1C. The second-order valence-electron chi connectivity index (χ2n) is 7.77. The summed E-state index contributed by atoms with van der Waals surface area (Å²) in [5, 5.41) is 0. The molecule has 1 fully saturated rings. The predicted octanol–water partition coefficient (Wildman–Crippen LogP) is 5.64. The molecule has 3 aromatic rings. The van der Waals surface area contributed by atoms with Crippen LogP contribution >= 0.6 is 0 Å². The van der Waals surface area contributed by atoms with Crippen molar-refractivity contribution >= 4 is 11.0 Å². The van der Waals surface area contributed by atoms with Crippen molar-refractivity contribution in [2.24, 2.45) is 5.92 Å². The van der Waals surface area contributed by atoms with E-state index in [0.29, 0.717) is 0 Å². The Labute approximate surface area is 173 Å². The van der Waals surface area contributed by atoms with E-state index in [0.717, 1.165) is 71.4 Å². The Morgan fingerprint density at radius 3 is 2.52 bits per heavy atom. The van der Waals surface area contributed by atoms with E-state index in [9.17, 15) is 0 Å². The lowest BCUT2D eigenvalue weighted by Gasteiger charge is -2.12. The van der Waals surface area contributed by atoms with Crippen molar-refractivity contribution in [2.45, 2.75) is 53.4 Å². The number of fused-ring (bicyclic) bond motifs is 1. The summed E-state index contributed by atoms with van der Waals surface area (Å²) in [7, 11) is 1.71. The van der Waals surface area contributed by atoms with E-state index in [1.165, 1.54) is 18.4 Å². The molecule has 5 nitrogen and oxygen atoms in total. The number of hydrogen-bond donors (Lipinski definition) is 1. The largest absolute Gasteiger partial charge is 0.477 e. The maximum atomic E-state index is 5.83. The summed E-state index contributed by atoms with van der Waals surface area (Å²) >= 11 is 0. The van der Waals surface area contributed by atoms with Crippen LogP contribution in [0.4, 0.5) is 0 Å². The fraction of sp³-hybridized carbons (Fsp3) is 0.500. The molecule has 0 aromatic carbocycles. The summed E-state index contributed by atoms with van der Waals surface area (Å²) in [6.07, 6.45) is 6.57. The third kappa shape index (κ3) is 5.36. The number of aromatic nitrogens is 3. The Kier molecular flexibility index (Phi) is 7.26. The molecular weight excluding hydrogens is 362 g/mol. The number of H-pyrrole nitrogens is 1. The highest BCUT2D eigenvalue weighted by Gasteiger charge is 2.22. The number of aromatic amines is 1. The minimum atomic E-state index is 0.735. The van der Waals surface area contributed by atoms with Gasteiger partial charge in [-0.2, -0.15) is 0 Å². The number of nitrogens with zero attached hydrogens (tertiary/aromatic N) is 2. The molecule has 1 saturated carbocycles. The van der Waals surface area contributed by atoms with E-state index in [1.807, 2.05) is 12.3 Å². The number of ether oxygens (including phenoxy) is 2. The Morgan fingerprint density at radius 2 is 1.90 bits per heavy atom. The van der Waals surface area contributed by atoms with Crippen LogP contribution in [-0.2, 0) is 11.2 Å². The zero-order valence-corrected chi connectivity index (χ0v) is 18.3. The van der Waals surface area contributed by atoms with Gasteiger partial charge in [0.15, 0.2) is 0 Å². The van der Waals surface area contributed by atoms with Gasteiger partial charge in [-0.05, 0) is 68.7 Å². The maximum Gasteiger partial charge on any atom is 0.213 e. The van der Waals surface area contributed by atoms with Crippen LogP contribution in [-0.4, -0.2) is 35.3 Å². The van der Waals surface area contributed by atoms with Gasteiger partial charge < -0.3 is 14.5 Å². The molecule has 29 heavy (non-hydrogen) atoms. The highest BCUT2D eigenvalue weighted by Crippen LogP contribution is 2.31. The van der Waals surface area contributed by atoms with Gasteiger partial charge >= 0.3 is 0 Å². The molecule has 156 valence electrons. The van der Waals surface area contributed by atoms with Crippen LogP contribution in [0.2, 0.25) is 0 Å². The molecule has 0 saturated heterocycles. The van der Waals surface area contributed by atoms with Crippen LogP contribution in [0.25, 0.3) is 22.3 Å². The van der Waals surface area contributed by atoms with Gasteiger partial charge in [-0.25, -0.2) is 9.97 Å². The zero-order chi connectivity index (χ0) is 20.8. The normalized spacial score (nSPS) is 13.3. The smallest absolute Gasteiger partial charge is 0.213 e. The fourth-order valence-corrected chi connectivity index (χ4v) is 3.29. The predicted molar refractivity (Wildman–Crippen MR) is 119 cm³/mol. The minimum Gasteiger partial charge on any atom is -0.477 e. The van der Waals surface area contributed by atoms with Crippen molar-refractivity contribution in [3.05, 3.63) is 41.2 Å². The maximum absolute atomic E-state index is 5.83. The van der Waals surface area contributed by atoms with Gasteiger partial charge in [0.25, 0.3) is 0 Å². The molecule has 0 amide bonds. The van der Waals surface area contributed by atoms with Crippen LogP contribution in [0.1, 0.15) is 49.9 Å². The first-order valence-electron chi connectivity index (χ1n) is 10.6. The Hall–Kier alpha value is -2.40. The van der Waals surface area contributed by atoms with Crippen LogP contribution < -0.4 is 4.74 Å². The van der Waals surface area contributed by atoms with Gasteiger partial charge in [0.05, 0.1) is 29.0 Å². The van der Waals surface area contributed by atoms with E-state index in [4.69, 9.17) is 19.4 Å². The van der Waals surface area contributed by atoms with Gasteiger partial charge in [-0.15, -0.1) is 0 Å². The Morgan fingerprint density at radius 1 is 1.10 bits per heavy atom. The molecule has 0 radical (unpaired) electrons. The summed E-state index contributed by atoms with van der Waals surface area (Å²) in [5.41, 5.74) is 7.62. The van der Waals surface area contributed by atoms with E-state index in [1.54, 1.807) is 7.11 Å². The summed E-state index contributed by atoms with van der Waals surface area (Å²) in [6, 6.07) is 6.25.